The first-order chi connectivity index (χ1) is 23.3. The SMILES string of the molecule is C#C/C=C(/c1cc(F)cc(CCCN(C)C)c1)c1cc(-c2n[nH]c3ccc(-c4cncc(NC(=C)CC5CCNCC5)c4)cc23)[nH]c1C. The Morgan fingerprint density at radius 3 is 2.73 bits per heavy atom. The van der Waals surface area contributed by atoms with Crippen molar-refractivity contribution in [3.63, 3.8) is 0 Å². The van der Waals surface area contributed by atoms with Gasteiger partial charge in [-0.25, -0.2) is 4.39 Å². The highest BCUT2D eigenvalue weighted by atomic mass is 19.1. The molecule has 1 aliphatic rings. The highest BCUT2D eigenvalue weighted by Crippen LogP contribution is 2.35. The van der Waals surface area contributed by atoms with Crippen molar-refractivity contribution in [2.24, 2.45) is 5.92 Å². The second-order valence-corrected chi connectivity index (χ2v) is 13.1. The van der Waals surface area contributed by atoms with Gasteiger partial charge in [0.1, 0.15) is 11.5 Å². The van der Waals surface area contributed by atoms with Gasteiger partial charge in [-0.3, -0.25) is 10.1 Å². The molecule has 0 atom stereocenters. The molecule has 0 saturated carbocycles. The van der Waals surface area contributed by atoms with E-state index in [4.69, 9.17) is 11.5 Å². The summed E-state index contributed by atoms with van der Waals surface area (Å²) in [5.41, 5.74) is 10.9. The Kier molecular flexibility index (Phi) is 10.2. The fraction of sp³-hybridized carbons (Fsp3) is 0.300. The van der Waals surface area contributed by atoms with Crippen molar-refractivity contribution in [2.75, 3.05) is 39.0 Å². The molecule has 4 heterocycles. The van der Waals surface area contributed by atoms with E-state index in [2.05, 4.69) is 67.4 Å². The van der Waals surface area contributed by atoms with E-state index in [-0.39, 0.29) is 5.82 Å². The largest absolute Gasteiger partial charge is 0.358 e. The quantitative estimate of drug-likeness (QED) is 0.104. The molecule has 0 amide bonds. The molecular weight excluding hydrogens is 597 g/mol. The Morgan fingerprint density at radius 1 is 1.10 bits per heavy atom. The van der Waals surface area contributed by atoms with Gasteiger partial charge in [0.2, 0.25) is 0 Å². The summed E-state index contributed by atoms with van der Waals surface area (Å²) in [5.74, 6) is 3.07. The molecular formula is C40H44FN7. The molecule has 0 radical (unpaired) electrons. The zero-order valence-electron chi connectivity index (χ0n) is 28.1. The number of terminal acetylenes is 1. The van der Waals surface area contributed by atoms with Crippen LogP contribution in [0.2, 0.25) is 0 Å². The molecule has 8 heteroatoms. The predicted octanol–water partition coefficient (Wildman–Crippen LogP) is 7.94. The molecule has 1 saturated heterocycles. The number of nitrogens with one attached hydrogen (secondary N) is 4. The number of benzene rings is 2. The van der Waals surface area contributed by atoms with Crippen molar-refractivity contribution < 1.29 is 4.39 Å². The van der Waals surface area contributed by atoms with Gasteiger partial charge in [-0.2, -0.15) is 5.10 Å². The maximum Gasteiger partial charge on any atom is 0.124 e. The van der Waals surface area contributed by atoms with Crippen LogP contribution in [0.1, 0.15) is 48.1 Å². The molecule has 1 aliphatic heterocycles. The Balaban J connectivity index is 1.27. The lowest BCUT2D eigenvalue weighted by Gasteiger charge is -2.23. The van der Waals surface area contributed by atoms with Gasteiger partial charge in [0, 0.05) is 34.1 Å². The van der Waals surface area contributed by atoms with Gasteiger partial charge in [-0.1, -0.05) is 24.6 Å². The number of allylic oxidation sites excluding steroid dienone is 2. The summed E-state index contributed by atoms with van der Waals surface area (Å²) >= 11 is 0. The number of aryl methyl sites for hydroxylation is 2. The van der Waals surface area contributed by atoms with E-state index in [1.165, 1.54) is 12.8 Å². The summed E-state index contributed by atoms with van der Waals surface area (Å²) in [4.78, 5) is 10.2. The van der Waals surface area contributed by atoms with E-state index in [0.29, 0.717) is 5.92 Å². The fourth-order valence-corrected chi connectivity index (χ4v) is 6.67. The van der Waals surface area contributed by atoms with Crippen LogP contribution in [0.3, 0.4) is 0 Å². The lowest BCUT2D eigenvalue weighted by Crippen LogP contribution is -2.28. The summed E-state index contributed by atoms with van der Waals surface area (Å²) < 4.78 is 14.9. The number of H-pyrrole nitrogens is 2. The van der Waals surface area contributed by atoms with E-state index in [1.54, 1.807) is 18.2 Å². The molecule has 48 heavy (non-hydrogen) atoms. The van der Waals surface area contributed by atoms with Crippen LogP contribution in [0.15, 0.2) is 79.3 Å². The van der Waals surface area contributed by atoms with Crippen LogP contribution in [0.5, 0.6) is 0 Å². The average Bonchev–Trinajstić information content (AvgIpc) is 3.66. The van der Waals surface area contributed by atoms with Crippen LogP contribution in [0.4, 0.5) is 10.1 Å². The number of aromatic amines is 2. The molecule has 6 rings (SSSR count). The third-order valence-corrected chi connectivity index (χ3v) is 9.08. The van der Waals surface area contributed by atoms with Crippen LogP contribution in [-0.2, 0) is 6.42 Å². The molecule has 4 N–H and O–H groups in total. The molecule has 0 unspecified atom stereocenters. The van der Waals surface area contributed by atoms with Crippen molar-refractivity contribution in [1.29, 1.82) is 0 Å². The molecule has 2 aromatic carbocycles. The predicted molar refractivity (Wildman–Crippen MR) is 196 cm³/mol. The number of piperidine rings is 1. The van der Waals surface area contributed by atoms with E-state index in [9.17, 15) is 4.39 Å². The number of rotatable bonds is 12. The minimum absolute atomic E-state index is 0.269. The van der Waals surface area contributed by atoms with Gasteiger partial charge in [0.25, 0.3) is 0 Å². The zero-order chi connectivity index (χ0) is 33.6. The summed E-state index contributed by atoms with van der Waals surface area (Å²) in [6.07, 6.45) is 16.3. The minimum atomic E-state index is -0.269. The lowest BCUT2D eigenvalue weighted by molar-refractivity contribution is 0.373. The van der Waals surface area contributed by atoms with E-state index >= 15 is 0 Å². The average molecular weight is 642 g/mol. The molecule has 0 spiro atoms. The van der Waals surface area contributed by atoms with Crippen LogP contribution >= 0.6 is 0 Å². The molecule has 7 nitrogen and oxygen atoms in total. The fourth-order valence-electron chi connectivity index (χ4n) is 6.67. The lowest BCUT2D eigenvalue weighted by atomic mass is 9.93. The van der Waals surface area contributed by atoms with Crippen LogP contribution in [0.25, 0.3) is 39.0 Å². The van der Waals surface area contributed by atoms with Gasteiger partial charge in [0.05, 0.1) is 23.1 Å². The normalized spacial score (nSPS) is 14.0. The molecule has 246 valence electrons. The zero-order valence-corrected chi connectivity index (χ0v) is 28.1. The second kappa shape index (κ2) is 14.8. The second-order valence-electron chi connectivity index (χ2n) is 13.1. The smallest absolute Gasteiger partial charge is 0.124 e. The van der Waals surface area contributed by atoms with E-state index in [1.807, 2.05) is 45.5 Å². The number of fused-ring (bicyclic) bond motifs is 1. The van der Waals surface area contributed by atoms with E-state index < -0.39 is 0 Å². The number of hydrogen-bond donors (Lipinski definition) is 4. The third-order valence-electron chi connectivity index (χ3n) is 9.08. The van der Waals surface area contributed by atoms with Crippen LogP contribution in [-0.4, -0.2) is 58.8 Å². The number of anilines is 1. The first-order valence-electron chi connectivity index (χ1n) is 16.7. The van der Waals surface area contributed by atoms with Crippen LogP contribution < -0.4 is 10.6 Å². The van der Waals surface area contributed by atoms with Gasteiger partial charge in [-0.05, 0) is 143 Å². The minimum Gasteiger partial charge on any atom is -0.358 e. The number of pyridine rings is 1. The monoisotopic (exact) mass is 641 g/mol. The van der Waals surface area contributed by atoms with Crippen molar-refractivity contribution >= 4 is 22.2 Å². The summed E-state index contributed by atoms with van der Waals surface area (Å²) in [6.45, 7) is 9.38. The van der Waals surface area contributed by atoms with E-state index in [0.717, 1.165) is 112 Å². The van der Waals surface area contributed by atoms with Crippen molar-refractivity contribution in [3.8, 4) is 34.9 Å². The summed E-state index contributed by atoms with van der Waals surface area (Å²) in [7, 11) is 4.09. The third kappa shape index (κ3) is 7.76. The highest BCUT2D eigenvalue weighted by molar-refractivity contribution is 5.96. The molecule has 0 aliphatic carbocycles. The number of nitrogens with zero attached hydrogens (tertiary/aromatic N) is 3. The number of halogens is 1. The standard InChI is InChI=1S/C40H44FN7/c1-6-8-35(31-18-29(19-33(41)20-31)9-7-16-48(4)5)36-23-39(45-27(36)3)40-37-22-30(10-11-38(37)46-47-40)32-21-34(25-43-24-32)44-26(2)17-28-12-14-42-15-13-28/h1,8,10-11,18-25,28,42,44-45H,2,7,9,12-17H2,3-5H3,(H,46,47)/b35-8-. The Labute approximate surface area is 282 Å². The topological polar surface area (TPSA) is 84.7 Å². The van der Waals surface area contributed by atoms with Gasteiger partial charge in [-0.15, -0.1) is 6.42 Å². The van der Waals surface area contributed by atoms with Gasteiger partial charge >= 0.3 is 0 Å². The number of aromatic nitrogens is 4. The Hall–Kier alpha value is -4.97. The molecule has 1 fully saturated rings. The molecule has 0 bridgehead atoms. The van der Waals surface area contributed by atoms with Gasteiger partial charge < -0.3 is 20.5 Å². The number of hydrogen-bond acceptors (Lipinski definition) is 5. The Morgan fingerprint density at radius 2 is 1.94 bits per heavy atom. The summed E-state index contributed by atoms with van der Waals surface area (Å²) in [6, 6.07) is 15.6. The maximum absolute atomic E-state index is 14.9. The van der Waals surface area contributed by atoms with Gasteiger partial charge in [0.15, 0.2) is 0 Å². The summed E-state index contributed by atoms with van der Waals surface area (Å²) in [5, 5.41) is 15.8. The van der Waals surface area contributed by atoms with Crippen molar-refractivity contribution in [1.82, 2.24) is 30.4 Å². The van der Waals surface area contributed by atoms with Crippen molar-refractivity contribution in [3.05, 3.63) is 107 Å². The van der Waals surface area contributed by atoms with Crippen LogP contribution in [0, 0.1) is 31.0 Å². The van der Waals surface area contributed by atoms with Crippen molar-refractivity contribution in [2.45, 2.75) is 39.0 Å². The highest BCUT2D eigenvalue weighted by Gasteiger charge is 2.18. The Bertz CT molecular complexity index is 1980. The first-order valence-corrected chi connectivity index (χ1v) is 16.7. The molecule has 5 aromatic rings. The molecule has 3 aromatic heterocycles. The first kappa shape index (κ1) is 33.0. The maximum atomic E-state index is 14.9.